The monoisotopic (exact) mass is 209 g/mol. The van der Waals surface area contributed by atoms with Crippen molar-refractivity contribution in [3.05, 3.63) is 35.9 Å². The molecule has 1 aromatic carbocycles. The highest BCUT2D eigenvalue weighted by molar-refractivity contribution is 5.15. The predicted octanol–water partition coefficient (Wildman–Crippen LogP) is 2.96. The van der Waals surface area contributed by atoms with Gasteiger partial charge < -0.3 is 5.32 Å². The van der Waals surface area contributed by atoms with Crippen LogP contribution >= 0.6 is 0 Å². The standard InChI is InChI=1S/C13H20FN/c1-13(2,15-11-10-14)9-8-12-6-4-3-5-7-12/h3-7,15H,8-11H2,1-2H3. The van der Waals surface area contributed by atoms with Gasteiger partial charge in [0, 0.05) is 12.1 Å². The Morgan fingerprint density at radius 1 is 1.20 bits per heavy atom. The molecule has 0 saturated heterocycles. The maximum absolute atomic E-state index is 12.0. The van der Waals surface area contributed by atoms with E-state index < -0.39 is 0 Å². The number of hydrogen-bond acceptors (Lipinski definition) is 1. The number of hydrogen-bond donors (Lipinski definition) is 1. The van der Waals surface area contributed by atoms with Crippen LogP contribution in [0.5, 0.6) is 0 Å². The number of rotatable bonds is 6. The Labute approximate surface area is 91.7 Å². The summed E-state index contributed by atoms with van der Waals surface area (Å²) in [7, 11) is 0. The molecule has 0 saturated carbocycles. The molecule has 0 aromatic heterocycles. The third-order valence-electron chi connectivity index (χ3n) is 2.58. The largest absolute Gasteiger partial charge is 0.309 e. The van der Waals surface area contributed by atoms with Crippen molar-refractivity contribution in [1.29, 1.82) is 0 Å². The molecule has 15 heavy (non-hydrogen) atoms. The van der Waals surface area contributed by atoms with Gasteiger partial charge in [0.25, 0.3) is 0 Å². The van der Waals surface area contributed by atoms with E-state index in [-0.39, 0.29) is 12.2 Å². The van der Waals surface area contributed by atoms with Crippen LogP contribution in [0.25, 0.3) is 0 Å². The smallest absolute Gasteiger partial charge is 0.102 e. The molecule has 0 radical (unpaired) electrons. The lowest BCUT2D eigenvalue weighted by atomic mass is 9.95. The molecule has 84 valence electrons. The molecule has 0 atom stereocenters. The minimum Gasteiger partial charge on any atom is -0.309 e. The second-order valence-electron chi connectivity index (χ2n) is 4.49. The van der Waals surface area contributed by atoms with E-state index in [4.69, 9.17) is 0 Å². The third-order valence-corrected chi connectivity index (χ3v) is 2.58. The molecule has 0 aliphatic rings. The van der Waals surface area contributed by atoms with E-state index in [2.05, 4.69) is 43.4 Å². The lowest BCUT2D eigenvalue weighted by Gasteiger charge is -2.25. The Hall–Kier alpha value is -0.890. The normalized spacial score (nSPS) is 11.7. The van der Waals surface area contributed by atoms with Gasteiger partial charge in [-0.2, -0.15) is 0 Å². The van der Waals surface area contributed by atoms with Crippen molar-refractivity contribution in [3.8, 4) is 0 Å². The summed E-state index contributed by atoms with van der Waals surface area (Å²) in [4.78, 5) is 0. The lowest BCUT2D eigenvalue weighted by molar-refractivity contribution is 0.338. The fraction of sp³-hybridized carbons (Fsp3) is 0.538. The van der Waals surface area contributed by atoms with Gasteiger partial charge in [0.15, 0.2) is 0 Å². The lowest BCUT2D eigenvalue weighted by Crippen LogP contribution is -2.40. The quantitative estimate of drug-likeness (QED) is 0.759. The van der Waals surface area contributed by atoms with E-state index >= 15 is 0 Å². The van der Waals surface area contributed by atoms with Crippen LogP contribution in [0.3, 0.4) is 0 Å². The Kier molecular flexibility index (Phi) is 4.76. The van der Waals surface area contributed by atoms with Gasteiger partial charge in [0.05, 0.1) is 0 Å². The molecule has 0 fully saturated rings. The first-order chi connectivity index (χ1) is 7.14. The second-order valence-corrected chi connectivity index (χ2v) is 4.49. The van der Waals surface area contributed by atoms with Gasteiger partial charge in [-0.3, -0.25) is 0 Å². The van der Waals surface area contributed by atoms with Crippen LogP contribution in [0.2, 0.25) is 0 Å². The maximum Gasteiger partial charge on any atom is 0.102 e. The van der Waals surface area contributed by atoms with Crippen molar-refractivity contribution in [3.63, 3.8) is 0 Å². The summed E-state index contributed by atoms with van der Waals surface area (Å²) in [6, 6.07) is 10.4. The van der Waals surface area contributed by atoms with Crippen LogP contribution in [-0.2, 0) is 6.42 Å². The van der Waals surface area contributed by atoms with E-state index in [1.807, 2.05) is 6.07 Å². The molecule has 0 aliphatic heterocycles. The van der Waals surface area contributed by atoms with Gasteiger partial charge >= 0.3 is 0 Å². The number of alkyl halides is 1. The van der Waals surface area contributed by atoms with Crippen LogP contribution in [0.1, 0.15) is 25.8 Å². The van der Waals surface area contributed by atoms with Crippen molar-refractivity contribution < 1.29 is 4.39 Å². The number of nitrogens with one attached hydrogen (secondary N) is 1. The average molecular weight is 209 g/mol. The summed E-state index contributed by atoms with van der Waals surface area (Å²) in [5, 5.41) is 3.20. The molecular weight excluding hydrogens is 189 g/mol. The van der Waals surface area contributed by atoms with E-state index in [9.17, 15) is 4.39 Å². The first-order valence-electron chi connectivity index (χ1n) is 5.49. The fourth-order valence-electron chi connectivity index (χ4n) is 1.58. The number of halogens is 1. The molecule has 1 N–H and O–H groups in total. The fourth-order valence-corrected chi connectivity index (χ4v) is 1.58. The summed E-state index contributed by atoms with van der Waals surface area (Å²) in [6.07, 6.45) is 2.06. The van der Waals surface area contributed by atoms with Gasteiger partial charge in [-0.25, -0.2) is 4.39 Å². The predicted molar refractivity (Wildman–Crippen MR) is 62.8 cm³/mol. The van der Waals surface area contributed by atoms with Crippen molar-refractivity contribution in [2.24, 2.45) is 0 Å². The first kappa shape index (κ1) is 12.2. The van der Waals surface area contributed by atoms with Gasteiger partial charge in [-0.1, -0.05) is 30.3 Å². The zero-order valence-electron chi connectivity index (χ0n) is 9.59. The van der Waals surface area contributed by atoms with Gasteiger partial charge in [-0.05, 0) is 32.3 Å². The molecule has 0 bridgehead atoms. The summed E-state index contributed by atoms with van der Waals surface area (Å²) >= 11 is 0. The van der Waals surface area contributed by atoms with Crippen molar-refractivity contribution in [2.75, 3.05) is 13.2 Å². The summed E-state index contributed by atoms with van der Waals surface area (Å²) in [5.74, 6) is 0. The zero-order valence-corrected chi connectivity index (χ0v) is 9.59. The molecule has 0 spiro atoms. The summed E-state index contributed by atoms with van der Waals surface area (Å²) in [6.45, 7) is 4.38. The van der Waals surface area contributed by atoms with Gasteiger partial charge in [-0.15, -0.1) is 0 Å². The molecule has 0 heterocycles. The minimum atomic E-state index is -0.297. The molecular formula is C13H20FN. The van der Waals surface area contributed by atoms with E-state index in [1.54, 1.807) is 0 Å². The molecule has 0 aliphatic carbocycles. The van der Waals surface area contributed by atoms with Crippen molar-refractivity contribution >= 4 is 0 Å². The highest BCUT2D eigenvalue weighted by Gasteiger charge is 2.15. The molecule has 0 unspecified atom stereocenters. The molecule has 2 heteroatoms. The molecule has 0 amide bonds. The second kappa shape index (κ2) is 5.86. The zero-order chi connectivity index (χ0) is 11.1. The van der Waals surface area contributed by atoms with Crippen molar-refractivity contribution in [2.45, 2.75) is 32.2 Å². The first-order valence-corrected chi connectivity index (χ1v) is 5.49. The number of aryl methyl sites for hydroxylation is 1. The van der Waals surface area contributed by atoms with E-state index in [0.717, 1.165) is 12.8 Å². The average Bonchev–Trinajstić information content (AvgIpc) is 2.25. The Balaban J connectivity index is 2.35. The van der Waals surface area contributed by atoms with Crippen LogP contribution in [0, 0.1) is 0 Å². The van der Waals surface area contributed by atoms with Gasteiger partial charge in [0.2, 0.25) is 0 Å². The van der Waals surface area contributed by atoms with Gasteiger partial charge in [0.1, 0.15) is 6.67 Å². The SMILES string of the molecule is CC(C)(CCc1ccccc1)NCCF. The topological polar surface area (TPSA) is 12.0 Å². The number of benzene rings is 1. The Morgan fingerprint density at radius 3 is 2.47 bits per heavy atom. The Morgan fingerprint density at radius 2 is 1.87 bits per heavy atom. The summed E-state index contributed by atoms with van der Waals surface area (Å²) in [5.41, 5.74) is 1.36. The van der Waals surface area contributed by atoms with Crippen LogP contribution < -0.4 is 5.32 Å². The Bertz CT molecular complexity index is 269. The third kappa shape index (κ3) is 4.93. The molecule has 1 nitrogen and oxygen atoms in total. The van der Waals surface area contributed by atoms with Crippen LogP contribution in [0.15, 0.2) is 30.3 Å². The molecule has 1 aromatic rings. The molecule has 1 rings (SSSR count). The maximum atomic E-state index is 12.0. The summed E-state index contributed by atoms with van der Waals surface area (Å²) < 4.78 is 12.0. The highest BCUT2D eigenvalue weighted by Crippen LogP contribution is 2.13. The minimum absolute atomic E-state index is 0.0158. The van der Waals surface area contributed by atoms with Crippen LogP contribution in [-0.4, -0.2) is 18.8 Å². The van der Waals surface area contributed by atoms with E-state index in [0.29, 0.717) is 6.54 Å². The highest BCUT2D eigenvalue weighted by atomic mass is 19.1. The van der Waals surface area contributed by atoms with Crippen molar-refractivity contribution in [1.82, 2.24) is 5.32 Å². The van der Waals surface area contributed by atoms with E-state index in [1.165, 1.54) is 5.56 Å². The van der Waals surface area contributed by atoms with Crippen LogP contribution in [0.4, 0.5) is 4.39 Å².